The first-order valence-electron chi connectivity index (χ1n) is 4.68. The van der Waals surface area contributed by atoms with E-state index < -0.39 is 10.0 Å². The molecule has 1 fully saturated rings. The van der Waals surface area contributed by atoms with Crippen molar-refractivity contribution in [1.29, 1.82) is 0 Å². The average molecular weight is 242 g/mol. The summed E-state index contributed by atoms with van der Waals surface area (Å²) in [6, 6.07) is 0. The number of alkyl halides is 1. The zero-order chi connectivity index (χ0) is 10.7. The monoisotopic (exact) mass is 241 g/mol. The quantitative estimate of drug-likeness (QED) is 0.631. The molecule has 6 heteroatoms. The number of nitrogens with one attached hydrogen (secondary N) is 1. The minimum atomic E-state index is -3.19. The fourth-order valence-corrected chi connectivity index (χ4v) is 2.63. The largest absolute Gasteiger partial charge is 0.396 e. The van der Waals surface area contributed by atoms with Crippen molar-refractivity contribution in [3.63, 3.8) is 0 Å². The molecule has 0 aromatic heterocycles. The van der Waals surface area contributed by atoms with Gasteiger partial charge in [0, 0.05) is 24.4 Å². The molecule has 0 atom stereocenters. The molecule has 84 valence electrons. The van der Waals surface area contributed by atoms with Crippen LogP contribution in [0.2, 0.25) is 0 Å². The third-order valence-electron chi connectivity index (χ3n) is 2.51. The van der Waals surface area contributed by atoms with Gasteiger partial charge in [-0.15, -0.1) is 11.6 Å². The first kappa shape index (κ1) is 12.2. The second kappa shape index (κ2) is 4.79. The number of aliphatic hydroxyl groups excluding tert-OH is 1. The van der Waals surface area contributed by atoms with Crippen molar-refractivity contribution in [3.05, 3.63) is 0 Å². The van der Waals surface area contributed by atoms with Crippen molar-refractivity contribution in [1.82, 2.24) is 4.72 Å². The lowest BCUT2D eigenvalue weighted by Gasteiger charge is -2.12. The smallest absolute Gasteiger partial charge is 0.211 e. The molecule has 0 aromatic carbocycles. The molecule has 0 spiro atoms. The predicted octanol–water partition coefficient (Wildman–Crippen LogP) is 0.307. The second-order valence-corrected chi connectivity index (χ2v) is 6.15. The molecule has 0 radical (unpaired) electrons. The van der Waals surface area contributed by atoms with Gasteiger partial charge in [0.05, 0.1) is 5.75 Å². The van der Waals surface area contributed by atoms with Gasteiger partial charge in [-0.3, -0.25) is 0 Å². The Hall–Kier alpha value is 0.160. The minimum Gasteiger partial charge on any atom is -0.396 e. The average Bonchev–Trinajstić information content (AvgIpc) is 2.93. The van der Waals surface area contributed by atoms with Crippen molar-refractivity contribution in [3.8, 4) is 0 Å². The van der Waals surface area contributed by atoms with E-state index in [4.69, 9.17) is 16.7 Å². The number of hydrogen-bond acceptors (Lipinski definition) is 3. The van der Waals surface area contributed by atoms with Crippen LogP contribution in [0.15, 0.2) is 0 Å². The number of rotatable bonds is 7. The van der Waals surface area contributed by atoms with E-state index in [-0.39, 0.29) is 17.8 Å². The topological polar surface area (TPSA) is 66.4 Å². The molecule has 1 saturated carbocycles. The highest BCUT2D eigenvalue weighted by molar-refractivity contribution is 7.89. The van der Waals surface area contributed by atoms with Crippen molar-refractivity contribution >= 4 is 21.6 Å². The zero-order valence-electron chi connectivity index (χ0n) is 8.00. The zero-order valence-corrected chi connectivity index (χ0v) is 9.57. The first-order chi connectivity index (χ1) is 6.54. The van der Waals surface area contributed by atoms with Crippen LogP contribution in [0.25, 0.3) is 0 Å². The van der Waals surface area contributed by atoms with Crippen molar-refractivity contribution in [2.24, 2.45) is 5.41 Å². The van der Waals surface area contributed by atoms with E-state index in [0.29, 0.717) is 18.8 Å². The van der Waals surface area contributed by atoms with E-state index >= 15 is 0 Å². The van der Waals surface area contributed by atoms with Crippen LogP contribution in [0.3, 0.4) is 0 Å². The lowest BCUT2D eigenvalue weighted by Crippen LogP contribution is -2.33. The van der Waals surface area contributed by atoms with Crippen LogP contribution in [0.5, 0.6) is 0 Å². The highest BCUT2D eigenvalue weighted by Gasteiger charge is 2.42. The van der Waals surface area contributed by atoms with Crippen LogP contribution < -0.4 is 4.72 Å². The summed E-state index contributed by atoms with van der Waals surface area (Å²) in [5.74, 6) is 0.421. The van der Waals surface area contributed by atoms with Crippen LogP contribution in [-0.4, -0.2) is 38.3 Å². The number of sulfonamides is 1. The summed E-state index contributed by atoms with van der Waals surface area (Å²) < 4.78 is 25.2. The van der Waals surface area contributed by atoms with E-state index in [1.165, 1.54) is 0 Å². The lowest BCUT2D eigenvalue weighted by atomic mass is 10.1. The van der Waals surface area contributed by atoms with Crippen molar-refractivity contribution in [2.75, 3.05) is 24.8 Å². The van der Waals surface area contributed by atoms with Gasteiger partial charge in [-0.25, -0.2) is 13.1 Å². The third-order valence-corrected chi connectivity index (χ3v) is 4.18. The van der Waals surface area contributed by atoms with Crippen LogP contribution in [0, 0.1) is 5.41 Å². The van der Waals surface area contributed by atoms with Gasteiger partial charge in [-0.1, -0.05) is 0 Å². The fourth-order valence-electron chi connectivity index (χ4n) is 1.15. The minimum absolute atomic E-state index is 0.0605. The van der Waals surface area contributed by atoms with Gasteiger partial charge in [-0.2, -0.15) is 0 Å². The lowest BCUT2D eigenvalue weighted by molar-refractivity contribution is 0.213. The molecular weight excluding hydrogens is 226 g/mol. The number of hydrogen-bond donors (Lipinski definition) is 2. The first-order valence-corrected chi connectivity index (χ1v) is 6.86. The normalized spacial score (nSPS) is 19.6. The van der Waals surface area contributed by atoms with Gasteiger partial charge < -0.3 is 5.11 Å². The van der Waals surface area contributed by atoms with E-state index in [2.05, 4.69) is 4.72 Å². The Bertz CT molecular complexity index is 274. The molecule has 0 unspecified atom stereocenters. The maximum Gasteiger partial charge on any atom is 0.211 e. The number of halogens is 1. The van der Waals surface area contributed by atoms with E-state index in [1.807, 2.05) is 0 Å². The van der Waals surface area contributed by atoms with Gasteiger partial charge in [0.2, 0.25) is 10.0 Å². The number of aliphatic hydroxyl groups is 1. The molecule has 1 rings (SSSR count). The van der Waals surface area contributed by atoms with Gasteiger partial charge in [0.25, 0.3) is 0 Å². The summed E-state index contributed by atoms with van der Waals surface area (Å²) in [5, 5.41) is 8.97. The molecule has 1 aliphatic rings. The Morgan fingerprint density at radius 1 is 1.43 bits per heavy atom. The maximum absolute atomic E-state index is 11.3. The van der Waals surface area contributed by atoms with E-state index in [0.717, 1.165) is 12.8 Å². The Balaban J connectivity index is 2.29. The molecule has 0 amide bonds. The Labute approximate surface area is 89.7 Å². The molecule has 0 aromatic rings. The Kier molecular flexibility index (Phi) is 4.18. The highest BCUT2D eigenvalue weighted by atomic mass is 35.5. The van der Waals surface area contributed by atoms with E-state index in [9.17, 15) is 8.42 Å². The van der Waals surface area contributed by atoms with Gasteiger partial charge in [-0.05, 0) is 19.3 Å². The summed E-state index contributed by atoms with van der Waals surface area (Å²) >= 11 is 5.41. The Morgan fingerprint density at radius 2 is 2.07 bits per heavy atom. The maximum atomic E-state index is 11.3. The molecule has 4 nitrogen and oxygen atoms in total. The fraction of sp³-hybridized carbons (Fsp3) is 1.00. The molecule has 0 heterocycles. The highest BCUT2D eigenvalue weighted by Crippen LogP contribution is 2.44. The third kappa shape index (κ3) is 3.73. The van der Waals surface area contributed by atoms with Crippen LogP contribution in [-0.2, 0) is 10.0 Å². The molecule has 14 heavy (non-hydrogen) atoms. The van der Waals surface area contributed by atoms with Crippen LogP contribution >= 0.6 is 11.6 Å². The van der Waals surface area contributed by atoms with Crippen LogP contribution in [0.1, 0.15) is 19.3 Å². The molecule has 0 saturated heterocycles. The summed E-state index contributed by atoms with van der Waals surface area (Å²) in [6.45, 7) is 0.416. The molecule has 0 bridgehead atoms. The SMILES string of the molecule is O=S(=O)(CCCCl)NCC1(CO)CC1. The summed E-state index contributed by atoms with van der Waals surface area (Å²) in [7, 11) is -3.19. The molecule has 1 aliphatic carbocycles. The van der Waals surface area contributed by atoms with Gasteiger partial charge in [0.15, 0.2) is 0 Å². The predicted molar refractivity (Wildman–Crippen MR) is 55.9 cm³/mol. The Morgan fingerprint density at radius 3 is 2.50 bits per heavy atom. The van der Waals surface area contributed by atoms with Crippen LogP contribution in [0.4, 0.5) is 0 Å². The van der Waals surface area contributed by atoms with Gasteiger partial charge in [0.1, 0.15) is 0 Å². The summed E-state index contributed by atoms with van der Waals surface area (Å²) in [5.41, 5.74) is -0.173. The molecular formula is C8H16ClNO3S. The standard InChI is InChI=1S/C8H16ClNO3S/c9-4-1-5-14(12,13)10-6-8(7-11)2-3-8/h10-11H,1-7H2. The summed E-state index contributed by atoms with van der Waals surface area (Å²) in [4.78, 5) is 0. The van der Waals surface area contributed by atoms with E-state index in [1.54, 1.807) is 0 Å². The summed E-state index contributed by atoms with van der Waals surface area (Å²) in [6.07, 6.45) is 2.27. The second-order valence-electron chi connectivity index (χ2n) is 3.84. The molecule has 2 N–H and O–H groups in total. The molecule has 0 aliphatic heterocycles. The van der Waals surface area contributed by atoms with Gasteiger partial charge >= 0.3 is 0 Å². The van der Waals surface area contributed by atoms with Crippen molar-refractivity contribution < 1.29 is 13.5 Å². The van der Waals surface area contributed by atoms with Crippen molar-refractivity contribution in [2.45, 2.75) is 19.3 Å².